The van der Waals surface area contributed by atoms with Gasteiger partial charge in [0.2, 0.25) is 10.0 Å². The van der Waals surface area contributed by atoms with E-state index in [9.17, 15) is 8.42 Å². The Labute approximate surface area is 148 Å². The Hall–Kier alpha value is -2.11. The molecule has 1 aliphatic rings. The molecule has 2 aromatic carbocycles. The van der Waals surface area contributed by atoms with Crippen LogP contribution in [0.5, 0.6) is 0 Å². The number of aryl methyl sites for hydroxylation is 2. The third-order valence-corrected chi connectivity index (χ3v) is 7.05. The summed E-state index contributed by atoms with van der Waals surface area (Å²) in [6.07, 6.45) is 0.856. The van der Waals surface area contributed by atoms with Crippen LogP contribution < -0.4 is 0 Å². The first-order valence-corrected chi connectivity index (χ1v) is 10.0. The number of hydrogen-bond acceptors (Lipinski definition) is 2. The largest absolute Gasteiger partial charge is 0.347 e. The van der Waals surface area contributed by atoms with E-state index in [0.29, 0.717) is 18.0 Å². The van der Waals surface area contributed by atoms with E-state index in [0.717, 1.165) is 12.0 Å². The number of para-hydroxylation sites is 1. The summed E-state index contributed by atoms with van der Waals surface area (Å²) in [5.41, 5.74) is 3.37. The Morgan fingerprint density at radius 1 is 1.04 bits per heavy atom. The monoisotopic (exact) mass is 354 g/mol. The zero-order valence-corrected chi connectivity index (χ0v) is 15.3. The number of rotatable bonds is 3. The maximum Gasteiger partial charge on any atom is 0.243 e. The van der Waals surface area contributed by atoms with Gasteiger partial charge in [0.15, 0.2) is 0 Å². The van der Waals surface area contributed by atoms with Crippen molar-refractivity contribution in [3.8, 4) is 0 Å². The van der Waals surface area contributed by atoms with Crippen LogP contribution in [0.25, 0.3) is 10.9 Å². The van der Waals surface area contributed by atoms with Gasteiger partial charge in [0.1, 0.15) is 0 Å². The molecule has 130 valence electrons. The Balaban J connectivity index is 1.63. The molecule has 0 amide bonds. The molecule has 1 unspecified atom stereocenters. The number of nitrogens with zero attached hydrogens (tertiary/aromatic N) is 2. The second-order valence-corrected chi connectivity index (χ2v) is 8.79. The van der Waals surface area contributed by atoms with Gasteiger partial charge in [-0.15, -0.1) is 0 Å². The van der Waals surface area contributed by atoms with E-state index in [4.69, 9.17) is 0 Å². The molecular formula is C20H22N2O2S. The summed E-state index contributed by atoms with van der Waals surface area (Å²) in [7, 11) is -1.36. The van der Waals surface area contributed by atoms with Gasteiger partial charge in [-0.1, -0.05) is 30.3 Å². The van der Waals surface area contributed by atoms with E-state index in [-0.39, 0.29) is 5.92 Å². The van der Waals surface area contributed by atoms with Gasteiger partial charge in [0, 0.05) is 37.3 Å². The van der Waals surface area contributed by atoms with E-state index < -0.39 is 10.0 Å². The van der Waals surface area contributed by atoms with Crippen LogP contribution in [0.1, 0.15) is 23.6 Å². The molecule has 0 radical (unpaired) electrons. The van der Waals surface area contributed by atoms with Gasteiger partial charge in [0.25, 0.3) is 0 Å². The van der Waals surface area contributed by atoms with Crippen LogP contribution in [-0.4, -0.2) is 30.4 Å². The topological polar surface area (TPSA) is 42.3 Å². The highest BCUT2D eigenvalue weighted by molar-refractivity contribution is 7.89. The fraction of sp³-hybridized carbons (Fsp3) is 0.300. The maximum absolute atomic E-state index is 12.9. The molecule has 5 heteroatoms. The van der Waals surface area contributed by atoms with Crippen LogP contribution in [0.3, 0.4) is 0 Å². The number of hydrogen-bond donors (Lipinski definition) is 0. The van der Waals surface area contributed by atoms with Gasteiger partial charge in [-0.2, -0.15) is 4.31 Å². The number of fused-ring (bicyclic) bond motifs is 1. The molecule has 25 heavy (non-hydrogen) atoms. The van der Waals surface area contributed by atoms with Crippen molar-refractivity contribution < 1.29 is 8.42 Å². The van der Waals surface area contributed by atoms with Crippen molar-refractivity contribution in [3.63, 3.8) is 0 Å². The smallest absolute Gasteiger partial charge is 0.243 e. The average molecular weight is 354 g/mol. The van der Waals surface area contributed by atoms with Crippen LogP contribution in [0, 0.1) is 6.92 Å². The van der Waals surface area contributed by atoms with E-state index in [2.05, 4.69) is 29.8 Å². The van der Waals surface area contributed by atoms with Crippen molar-refractivity contribution in [2.75, 3.05) is 13.1 Å². The normalized spacial score (nSPS) is 18.9. The molecule has 4 nitrogen and oxygen atoms in total. The van der Waals surface area contributed by atoms with Crippen LogP contribution in [0.4, 0.5) is 0 Å². The zero-order valence-electron chi connectivity index (χ0n) is 14.5. The van der Waals surface area contributed by atoms with Crippen LogP contribution >= 0.6 is 0 Å². The Kier molecular flexibility index (Phi) is 3.93. The molecule has 0 bridgehead atoms. The zero-order chi connectivity index (χ0) is 17.6. The molecule has 1 saturated heterocycles. The minimum absolute atomic E-state index is 0.233. The van der Waals surface area contributed by atoms with Gasteiger partial charge in [0.05, 0.1) is 4.90 Å². The van der Waals surface area contributed by atoms with Crippen molar-refractivity contribution in [1.29, 1.82) is 0 Å². The predicted octanol–water partition coefficient (Wildman–Crippen LogP) is 3.66. The molecule has 0 aliphatic carbocycles. The second-order valence-electron chi connectivity index (χ2n) is 6.85. The lowest BCUT2D eigenvalue weighted by Gasteiger charge is -2.17. The molecular weight excluding hydrogens is 332 g/mol. The summed E-state index contributed by atoms with van der Waals surface area (Å²) in [5, 5.41) is 1.21. The Morgan fingerprint density at radius 3 is 2.60 bits per heavy atom. The molecule has 2 heterocycles. The predicted molar refractivity (Wildman–Crippen MR) is 100 cm³/mol. The molecule has 0 spiro atoms. The van der Waals surface area contributed by atoms with Gasteiger partial charge in [-0.05, 0) is 48.6 Å². The van der Waals surface area contributed by atoms with E-state index in [1.807, 2.05) is 25.1 Å². The van der Waals surface area contributed by atoms with Crippen LogP contribution in [-0.2, 0) is 17.1 Å². The first kappa shape index (κ1) is 16.4. The SMILES string of the molecule is Cc1cccc(S(=O)(=O)N2CCC(c3cc4ccccc4n3C)C2)c1. The Morgan fingerprint density at radius 2 is 1.84 bits per heavy atom. The van der Waals surface area contributed by atoms with Crippen molar-refractivity contribution in [2.24, 2.45) is 7.05 Å². The van der Waals surface area contributed by atoms with Gasteiger partial charge < -0.3 is 4.57 Å². The van der Waals surface area contributed by atoms with Crippen LogP contribution in [0.2, 0.25) is 0 Å². The first-order chi connectivity index (χ1) is 12.0. The molecule has 3 aromatic rings. The summed E-state index contributed by atoms with van der Waals surface area (Å²) < 4.78 is 29.7. The summed E-state index contributed by atoms with van der Waals surface area (Å²) in [6.45, 7) is 3.03. The molecule has 0 N–H and O–H groups in total. The highest BCUT2D eigenvalue weighted by Crippen LogP contribution is 2.33. The molecule has 1 aromatic heterocycles. The van der Waals surface area contributed by atoms with Crippen LogP contribution in [0.15, 0.2) is 59.5 Å². The number of sulfonamides is 1. The lowest BCUT2D eigenvalue weighted by Crippen LogP contribution is -2.28. The van der Waals surface area contributed by atoms with Crippen molar-refractivity contribution in [2.45, 2.75) is 24.2 Å². The maximum atomic E-state index is 12.9. The lowest BCUT2D eigenvalue weighted by atomic mass is 10.1. The standard InChI is InChI=1S/C20H22N2O2S/c1-15-6-5-8-18(12-15)25(23,24)22-11-10-17(14-22)20-13-16-7-3-4-9-19(16)21(20)2/h3-9,12-13,17H,10-11,14H2,1-2H3. The Bertz CT molecular complexity index is 1040. The third kappa shape index (κ3) is 2.77. The van der Waals surface area contributed by atoms with Gasteiger partial charge in [-0.25, -0.2) is 8.42 Å². The quantitative estimate of drug-likeness (QED) is 0.720. The van der Waals surface area contributed by atoms with E-state index in [1.165, 1.54) is 16.6 Å². The lowest BCUT2D eigenvalue weighted by molar-refractivity contribution is 0.471. The summed E-state index contributed by atoms with van der Waals surface area (Å²) >= 11 is 0. The molecule has 0 saturated carbocycles. The molecule has 4 rings (SSSR count). The van der Waals surface area contributed by atoms with Gasteiger partial charge >= 0.3 is 0 Å². The highest BCUT2D eigenvalue weighted by Gasteiger charge is 2.34. The van der Waals surface area contributed by atoms with Crippen molar-refractivity contribution in [3.05, 3.63) is 65.9 Å². The first-order valence-electron chi connectivity index (χ1n) is 8.58. The van der Waals surface area contributed by atoms with E-state index >= 15 is 0 Å². The highest BCUT2D eigenvalue weighted by atomic mass is 32.2. The fourth-order valence-corrected chi connectivity index (χ4v) is 5.42. The average Bonchev–Trinajstić information content (AvgIpc) is 3.21. The third-order valence-electron chi connectivity index (χ3n) is 5.19. The van der Waals surface area contributed by atoms with E-state index in [1.54, 1.807) is 22.5 Å². The number of aromatic nitrogens is 1. The molecule has 1 fully saturated rings. The van der Waals surface area contributed by atoms with Crippen molar-refractivity contribution >= 4 is 20.9 Å². The van der Waals surface area contributed by atoms with Gasteiger partial charge in [-0.3, -0.25) is 0 Å². The number of benzene rings is 2. The van der Waals surface area contributed by atoms with Crippen molar-refractivity contribution in [1.82, 2.24) is 8.87 Å². The minimum atomic E-state index is -3.42. The summed E-state index contributed by atoms with van der Waals surface area (Å²) in [4.78, 5) is 0.394. The minimum Gasteiger partial charge on any atom is -0.347 e. The summed E-state index contributed by atoms with van der Waals surface area (Å²) in [6, 6.07) is 17.6. The summed E-state index contributed by atoms with van der Waals surface area (Å²) in [5.74, 6) is 0.233. The second kappa shape index (κ2) is 6.00. The fourth-order valence-electron chi connectivity index (χ4n) is 3.81. The molecule has 1 atom stereocenters. The molecule has 1 aliphatic heterocycles.